The largest absolute Gasteiger partial charge is 0.408 e. The molecule has 0 saturated heterocycles. The summed E-state index contributed by atoms with van der Waals surface area (Å²) in [6.45, 7) is 3.96. The summed E-state index contributed by atoms with van der Waals surface area (Å²) in [5, 5.41) is 3.36. The van der Waals surface area contributed by atoms with Gasteiger partial charge in [0.1, 0.15) is 6.04 Å². The molecule has 0 aliphatic carbocycles. The molecule has 194 valence electrons. The van der Waals surface area contributed by atoms with Gasteiger partial charge < -0.3 is 10.6 Å². The highest BCUT2D eigenvalue weighted by Crippen LogP contribution is 2.41. The van der Waals surface area contributed by atoms with Crippen LogP contribution in [0.15, 0.2) is 54.8 Å². The number of carbonyl (C=O) groups is 2. The van der Waals surface area contributed by atoms with Crippen LogP contribution in [0.4, 0.5) is 26.3 Å². The number of alkyl halides is 6. The van der Waals surface area contributed by atoms with E-state index < -0.39 is 41.8 Å². The molecular weight excluding hydrogens is 557 g/mol. The summed E-state index contributed by atoms with van der Waals surface area (Å²) in [5.74, 6) is -4.15. The molecule has 0 aliphatic heterocycles. The van der Waals surface area contributed by atoms with Gasteiger partial charge in [0, 0.05) is 5.56 Å². The van der Waals surface area contributed by atoms with Gasteiger partial charge in [0.2, 0.25) is 0 Å². The molecule has 0 saturated carbocycles. The highest BCUT2D eigenvalue weighted by atomic mass is 35.5. The first-order valence-corrected chi connectivity index (χ1v) is 11.0. The van der Waals surface area contributed by atoms with Gasteiger partial charge in [0.25, 0.3) is 11.8 Å². The van der Waals surface area contributed by atoms with Crippen molar-refractivity contribution in [3.8, 4) is 0 Å². The van der Waals surface area contributed by atoms with Crippen molar-refractivity contribution in [1.82, 2.24) is 10.6 Å². The smallest absolute Gasteiger partial charge is 0.339 e. The van der Waals surface area contributed by atoms with Crippen molar-refractivity contribution < 1.29 is 35.9 Å². The van der Waals surface area contributed by atoms with Gasteiger partial charge in [-0.1, -0.05) is 65.7 Å². The molecule has 0 spiro atoms. The van der Waals surface area contributed by atoms with E-state index in [0.29, 0.717) is 5.56 Å². The van der Waals surface area contributed by atoms with Gasteiger partial charge in [-0.05, 0) is 42.3 Å². The fourth-order valence-corrected chi connectivity index (χ4v) is 3.36. The lowest BCUT2D eigenvalue weighted by molar-refractivity contribution is -0.156. The van der Waals surface area contributed by atoms with Crippen LogP contribution in [-0.4, -0.2) is 30.2 Å². The summed E-state index contributed by atoms with van der Waals surface area (Å²) in [4.78, 5) is 24.0. The Bertz CT molecular complexity index is 1150. The molecule has 2 aromatic carbocycles. The SMILES string of the molecule is C=C(NC(=O)c1ccc(/C=C/C(c2cc(Cl)c(Cl)c(Cl)c2)C(F)(F)F)cc1)C(=O)NC(C)C(F)(F)F. The van der Waals surface area contributed by atoms with E-state index in [0.717, 1.165) is 25.1 Å². The lowest BCUT2D eigenvalue weighted by Crippen LogP contribution is -2.45. The van der Waals surface area contributed by atoms with Crippen molar-refractivity contribution in [3.05, 3.63) is 86.5 Å². The van der Waals surface area contributed by atoms with Crippen LogP contribution in [0.1, 0.15) is 34.3 Å². The number of nitrogens with one attached hydrogen (secondary N) is 2. The Balaban J connectivity index is 2.13. The summed E-state index contributed by atoms with van der Waals surface area (Å²) in [7, 11) is 0. The Morgan fingerprint density at radius 1 is 0.944 bits per heavy atom. The second-order valence-corrected chi connectivity index (χ2v) is 8.66. The molecule has 2 amide bonds. The highest BCUT2D eigenvalue weighted by Gasteiger charge is 2.39. The van der Waals surface area contributed by atoms with Crippen LogP contribution >= 0.6 is 34.8 Å². The van der Waals surface area contributed by atoms with Gasteiger partial charge >= 0.3 is 12.4 Å². The first-order valence-electron chi connectivity index (χ1n) is 9.88. The topological polar surface area (TPSA) is 58.2 Å². The van der Waals surface area contributed by atoms with Crippen LogP contribution in [0.25, 0.3) is 6.08 Å². The maximum absolute atomic E-state index is 13.6. The maximum atomic E-state index is 13.6. The van der Waals surface area contributed by atoms with Crippen molar-refractivity contribution in [2.24, 2.45) is 0 Å². The molecule has 0 bridgehead atoms. The number of halogens is 9. The lowest BCUT2D eigenvalue weighted by atomic mass is 9.97. The van der Waals surface area contributed by atoms with Crippen molar-refractivity contribution in [3.63, 3.8) is 0 Å². The number of benzene rings is 2. The number of amides is 2. The van der Waals surface area contributed by atoms with Crippen molar-refractivity contribution in [1.29, 1.82) is 0 Å². The highest BCUT2D eigenvalue weighted by molar-refractivity contribution is 6.48. The summed E-state index contributed by atoms with van der Waals surface area (Å²) in [6.07, 6.45) is -7.32. The minimum absolute atomic E-state index is 0.0198. The number of hydrogen-bond donors (Lipinski definition) is 2. The Morgan fingerprint density at radius 2 is 1.47 bits per heavy atom. The molecule has 36 heavy (non-hydrogen) atoms. The Labute approximate surface area is 216 Å². The van der Waals surface area contributed by atoms with E-state index in [4.69, 9.17) is 34.8 Å². The van der Waals surface area contributed by atoms with E-state index in [1.807, 2.05) is 0 Å². The fraction of sp³-hybridized carbons (Fsp3) is 0.217. The Morgan fingerprint density at radius 3 is 1.94 bits per heavy atom. The predicted octanol–water partition coefficient (Wildman–Crippen LogP) is 7.32. The van der Waals surface area contributed by atoms with E-state index in [1.54, 1.807) is 5.32 Å². The number of rotatable bonds is 7. The van der Waals surface area contributed by atoms with Crippen LogP contribution in [0.3, 0.4) is 0 Å². The third kappa shape index (κ3) is 7.91. The summed E-state index contributed by atoms with van der Waals surface area (Å²) in [6, 6.07) is 5.11. The quantitative estimate of drug-likeness (QED) is 0.207. The first-order chi connectivity index (χ1) is 16.5. The van der Waals surface area contributed by atoms with Gasteiger partial charge in [-0.3, -0.25) is 9.59 Å². The minimum atomic E-state index is -4.68. The van der Waals surface area contributed by atoms with E-state index in [9.17, 15) is 35.9 Å². The van der Waals surface area contributed by atoms with Crippen molar-refractivity contribution in [2.75, 3.05) is 0 Å². The van der Waals surface area contributed by atoms with Crippen LogP contribution in [0.2, 0.25) is 15.1 Å². The molecular formula is C23H17Cl3F6N2O2. The lowest BCUT2D eigenvalue weighted by Gasteiger charge is -2.18. The normalized spacial score (nSPS) is 13.8. The number of hydrogen-bond acceptors (Lipinski definition) is 2. The summed E-state index contributed by atoms with van der Waals surface area (Å²) in [5.41, 5.74) is -0.574. The molecule has 4 nitrogen and oxygen atoms in total. The zero-order valence-corrected chi connectivity index (χ0v) is 20.5. The average Bonchev–Trinajstić information content (AvgIpc) is 2.76. The van der Waals surface area contributed by atoms with E-state index >= 15 is 0 Å². The van der Waals surface area contributed by atoms with Gasteiger partial charge in [0.15, 0.2) is 0 Å². The molecule has 2 unspecified atom stereocenters. The fourth-order valence-electron chi connectivity index (χ4n) is 2.75. The standard InChI is InChI=1S/C23H17Cl3F6N2O2/c1-11(20(35)34-12(2)22(27,28)29)33-21(36)14-6-3-13(4-7-14)5-8-16(23(30,31)32)15-9-17(24)19(26)18(25)10-15/h3-10,12,16H,1H2,2H3,(H,33,36)(H,34,35)/b8-5+. The molecule has 2 aromatic rings. The monoisotopic (exact) mass is 572 g/mol. The average molecular weight is 574 g/mol. The first kappa shape index (κ1) is 29.5. The van der Waals surface area contributed by atoms with Crippen LogP contribution in [-0.2, 0) is 4.79 Å². The predicted molar refractivity (Wildman–Crippen MR) is 126 cm³/mol. The van der Waals surface area contributed by atoms with Crippen LogP contribution < -0.4 is 10.6 Å². The molecule has 0 radical (unpaired) electrons. The van der Waals surface area contributed by atoms with E-state index in [1.165, 1.54) is 30.3 Å². The zero-order chi connectivity index (χ0) is 27.4. The zero-order valence-electron chi connectivity index (χ0n) is 18.2. The molecule has 13 heteroatoms. The summed E-state index contributed by atoms with van der Waals surface area (Å²) < 4.78 is 78.6. The second-order valence-electron chi connectivity index (χ2n) is 7.47. The van der Waals surface area contributed by atoms with Crippen molar-refractivity contribution in [2.45, 2.75) is 31.2 Å². The minimum Gasteiger partial charge on any atom is -0.339 e. The summed E-state index contributed by atoms with van der Waals surface area (Å²) >= 11 is 17.5. The van der Waals surface area contributed by atoms with E-state index in [-0.39, 0.29) is 26.2 Å². The van der Waals surface area contributed by atoms with E-state index in [2.05, 4.69) is 11.9 Å². The van der Waals surface area contributed by atoms with Gasteiger partial charge in [-0.2, -0.15) is 26.3 Å². The maximum Gasteiger partial charge on any atom is 0.408 e. The molecule has 0 aromatic heterocycles. The van der Waals surface area contributed by atoms with Crippen LogP contribution in [0.5, 0.6) is 0 Å². The van der Waals surface area contributed by atoms with Gasteiger partial charge in [-0.15, -0.1) is 0 Å². The number of carbonyl (C=O) groups excluding carboxylic acids is 2. The molecule has 2 atom stereocenters. The second kappa shape index (κ2) is 11.6. The molecule has 0 aliphatic rings. The third-order valence-corrected chi connectivity index (χ3v) is 5.95. The molecule has 2 N–H and O–H groups in total. The van der Waals surface area contributed by atoms with Gasteiger partial charge in [0.05, 0.1) is 26.7 Å². The Hall–Kier alpha value is -2.69. The number of allylic oxidation sites excluding steroid dienone is 1. The molecule has 2 rings (SSSR count). The van der Waals surface area contributed by atoms with Crippen molar-refractivity contribution >= 4 is 52.7 Å². The van der Waals surface area contributed by atoms with Gasteiger partial charge in [-0.25, -0.2) is 0 Å². The third-order valence-electron chi connectivity index (χ3n) is 4.75. The van der Waals surface area contributed by atoms with Crippen LogP contribution in [0, 0.1) is 0 Å². The molecule has 0 heterocycles. The molecule has 0 fully saturated rings. The Kier molecular flexibility index (Phi) is 9.50.